The van der Waals surface area contributed by atoms with Gasteiger partial charge in [-0.25, -0.2) is 4.98 Å². The summed E-state index contributed by atoms with van der Waals surface area (Å²) in [4.78, 5) is 9.55. The molecule has 16 heavy (non-hydrogen) atoms. The summed E-state index contributed by atoms with van der Waals surface area (Å²) < 4.78 is 0. The first kappa shape index (κ1) is 11.2. The number of aromatic nitrogens is 2. The topological polar surface area (TPSA) is 46.0 Å². The maximum Gasteiger partial charge on any atom is 0.142 e. The molecule has 0 amide bonds. The van der Waals surface area contributed by atoms with Crippen LogP contribution in [-0.4, -0.2) is 15.1 Å². The average Bonchev–Trinajstić information content (AvgIpc) is 2.78. The van der Waals surface area contributed by atoms with Crippen LogP contribution in [0.5, 0.6) is 0 Å². The van der Waals surface area contributed by atoms with Crippen molar-refractivity contribution in [3.63, 3.8) is 0 Å². The lowest BCUT2D eigenvalue weighted by Crippen LogP contribution is -1.89. The second-order valence-electron chi connectivity index (χ2n) is 3.61. The fourth-order valence-electron chi connectivity index (χ4n) is 1.51. The van der Waals surface area contributed by atoms with Gasteiger partial charge in [0.15, 0.2) is 0 Å². The highest BCUT2D eigenvalue weighted by Gasteiger charge is 2.11. The molecule has 0 spiro atoms. The first-order chi connectivity index (χ1) is 7.72. The van der Waals surface area contributed by atoms with Gasteiger partial charge < -0.3 is 5.11 Å². The fraction of sp³-hybridized carbons (Fsp3) is 0.333. The minimum Gasteiger partial charge on any atom is -0.388 e. The number of hydrogen-bond acceptors (Lipinski definition) is 4. The predicted octanol–water partition coefficient (Wildman–Crippen LogP) is 2.82. The normalized spacial score (nSPS) is 12.7. The molecule has 1 N–H and O–H groups in total. The van der Waals surface area contributed by atoms with Crippen molar-refractivity contribution >= 4 is 11.3 Å². The average molecular weight is 234 g/mol. The molecule has 2 aromatic heterocycles. The Morgan fingerprint density at radius 3 is 2.88 bits per heavy atom. The van der Waals surface area contributed by atoms with Crippen LogP contribution in [0.2, 0.25) is 0 Å². The molecule has 1 atom stereocenters. The lowest BCUT2D eigenvalue weighted by molar-refractivity contribution is 0.203. The number of pyridine rings is 1. The molecule has 0 aliphatic rings. The third-order valence-electron chi connectivity index (χ3n) is 2.41. The van der Waals surface area contributed by atoms with Gasteiger partial charge in [0.2, 0.25) is 0 Å². The molecule has 0 bridgehead atoms. The van der Waals surface area contributed by atoms with Gasteiger partial charge in [0.25, 0.3) is 0 Å². The van der Waals surface area contributed by atoms with Crippen molar-refractivity contribution in [2.75, 3.05) is 0 Å². The summed E-state index contributed by atoms with van der Waals surface area (Å²) in [5.74, 6) is 0. The van der Waals surface area contributed by atoms with E-state index in [9.17, 15) is 5.11 Å². The van der Waals surface area contributed by atoms with Crippen molar-refractivity contribution in [3.8, 4) is 10.7 Å². The van der Waals surface area contributed by atoms with Gasteiger partial charge in [-0.15, -0.1) is 11.3 Å². The quantitative estimate of drug-likeness (QED) is 0.888. The number of aliphatic hydroxyl groups is 1. The van der Waals surface area contributed by atoms with E-state index in [1.54, 1.807) is 19.3 Å². The van der Waals surface area contributed by atoms with E-state index in [0.29, 0.717) is 0 Å². The van der Waals surface area contributed by atoms with E-state index in [0.717, 1.165) is 22.0 Å². The van der Waals surface area contributed by atoms with Crippen molar-refractivity contribution in [2.45, 2.75) is 26.4 Å². The third-order valence-corrected chi connectivity index (χ3v) is 3.58. The molecule has 0 aromatic carbocycles. The molecule has 3 nitrogen and oxygen atoms in total. The van der Waals surface area contributed by atoms with Crippen LogP contribution in [0.15, 0.2) is 24.5 Å². The Bertz CT molecular complexity index is 479. The van der Waals surface area contributed by atoms with Crippen LogP contribution < -0.4 is 0 Å². The van der Waals surface area contributed by atoms with Crippen LogP contribution in [0.4, 0.5) is 0 Å². The number of aliphatic hydroxyl groups excluding tert-OH is 1. The first-order valence-corrected chi connectivity index (χ1v) is 6.12. The summed E-state index contributed by atoms with van der Waals surface area (Å²) in [6, 6.07) is 4.00. The number of rotatable bonds is 3. The van der Waals surface area contributed by atoms with Crippen molar-refractivity contribution < 1.29 is 5.11 Å². The molecular formula is C12H14N2OS. The molecule has 1 unspecified atom stereocenters. The Balaban J connectivity index is 2.42. The van der Waals surface area contributed by atoms with E-state index in [1.807, 2.05) is 6.07 Å². The SMILES string of the molecule is CCc1cccnc1-c1ncc(C(C)O)s1. The number of nitrogens with zero attached hydrogens (tertiary/aromatic N) is 2. The van der Waals surface area contributed by atoms with Crippen molar-refractivity contribution in [1.82, 2.24) is 9.97 Å². The Labute approximate surface area is 98.8 Å². The number of hydrogen-bond donors (Lipinski definition) is 1. The van der Waals surface area contributed by atoms with Gasteiger partial charge in [0.1, 0.15) is 10.7 Å². The van der Waals surface area contributed by atoms with Crippen molar-refractivity contribution in [1.29, 1.82) is 0 Å². The highest BCUT2D eigenvalue weighted by molar-refractivity contribution is 7.15. The maximum atomic E-state index is 9.46. The van der Waals surface area contributed by atoms with Gasteiger partial charge >= 0.3 is 0 Å². The molecule has 0 saturated carbocycles. The summed E-state index contributed by atoms with van der Waals surface area (Å²) in [5, 5.41) is 10.3. The van der Waals surface area contributed by atoms with Crippen LogP contribution in [0, 0.1) is 0 Å². The Morgan fingerprint density at radius 1 is 1.44 bits per heavy atom. The van der Waals surface area contributed by atoms with Gasteiger partial charge in [-0.3, -0.25) is 4.98 Å². The zero-order valence-corrected chi connectivity index (χ0v) is 10.2. The standard InChI is InChI=1S/C12H14N2OS/c1-3-9-5-4-6-13-11(9)12-14-7-10(16-12)8(2)15/h4-8,15H,3H2,1-2H3. The molecule has 2 rings (SSSR count). The minimum absolute atomic E-state index is 0.458. The zero-order chi connectivity index (χ0) is 11.5. The molecular weight excluding hydrogens is 220 g/mol. The smallest absolute Gasteiger partial charge is 0.142 e. The molecule has 84 valence electrons. The zero-order valence-electron chi connectivity index (χ0n) is 9.34. The summed E-state index contributed by atoms with van der Waals surface area (Å²) in [6.45, 7) is 3.85. The fourth-order valence-corrected chi connectivity index (χ4v) is 2.39. The third kappa shape index (κ3) is 2.13. The molecule has 2 heterocycles. The van der Waals surface area contributed by atoms with E-state index in [4.69, 9.17) is 0 Å². The molecule has 4 heteroatoms. The molecule has 0 aliphatic heterocycles. The number of thiazole rings is 1. The second kappa shape index (κ2) is 4.72. The van der Waals surface area contributed by atoms with Crippen LogP contribution >= 0.6 is 11.3 Å². The second-order valence-corrected chi connectivity index (χ2v) is 4.67. The van der Waals surface area contributed by atoms with E-state index < -0.39 is 6.10 Å². The number of aryl methyl sites for hydroxylation is 1. The Hall–Kier alpha value is -1.26. The summed E-state index contributed by atoms with van der Waals surface area (Å²) in [5.41, 5.74) is 2.12. The lowest BCUT2D eigenvalue weighted by Gasteiger charge is -2.02. The van der Waals surface area contributed by atoms with Gasteiger partial charge in [0.05, 0.1) is 11.0 Å². The molecule has 0 aliphatic carbocycles. The minimum atomic E-state index is -0.458. The van der Waals surface area contributed by atoms with Crippen LogP contribution in [-0.2, 0) is 6.42 Å². The monoisotopic (exact) mass is 234 g/mol. The van der Waals surface area contributed by atoms with Gasteiger partial charge in [-0.1, -0.05) is 13.0 Å². The van der Waals surface area contributed by atoms with Gasteiger partial charge in [0, 0.05) is 12.4 Å². The van der Waals surface area contributed by atoms with Crippen molar-refractivity contribution in [3.05, 3.63) is 35.0 Å². The Morgan fingerprint density at radius 2 is 2.25 bits per heavy atom. The first-order valence-electron chi connectivity index (χ1n) is 5.30. The molecule has 0 radical (unpaired) electrons. The summed E-state index contributed by atoms with van der Waals surface area (Å²) in [6.07, 6.45) is 3.98. The highest BCUT2D eigenvalue weighted by Crippen LogP contribution is 2.29. The molecule has 0 saturated heterocycles. The van der Waals surface area contributed by atoms with E-state index in [-0.39, 0.29) is 0 Å². The van der Waals surface area contributed by atoms with Gasteiger partial charge in [-0.2, -0.15) is 0 Å². The van der Waals surface area contributed by atoms with E-state index in [2.05, 4.69) is 23.0 Å². The van der Waals surface area contributed by atoms with E-state index >= 15 is 0 Å². The molecule has 2 aromatic rings. The maximum absolute atomic E-state index is 9.46. The lowest BCUT2D eigenvalue weighted by atomic mass is 10.1. The molecule has 0 fully saturated rings. The largest absolute Gasteiger partial charge is 0.388 e. The van der Waals surface area contributed by atoms with Crippen molar-refractivity contribution in [2.24, 2.45) is 0 Å². The summed E-state index contributed by atoms with van der Waals surface area (Å²) in [7, 11) is 0. The van der Waals surface area contributed by atoms with Gasteiger partial charge in [-0.05, 0) is 25.0 Å². The van der Waals surface area contributed by atoms with Crippen LogP contribution in [0.25, 0.3) is 10.7 Å². The van der Waals surface area contributed by atoms with E-state index in [1.165, 1.54) is 16.9 Å². The predicted molar refractivity (Wildman–Crippen MR) is 65.4 cm³/mol. The highest BCUT2D eigenvalue weighted by atomic mass is 32.1. The Kier molecular flexibility index (Phi) is 3.31. The summed E-state index contributed by atoms with van der Waals surface area (Å²) >= 11 is 1.50. The van der Waals surface area contributed by atoms with Crippen LogP contribution in [0.1, 0.15) is 30.4 Å². The van der Waals surface area contributed by atoms with Crippen LogP contribution in [0.3, 0.4) is 0 Å².